The standard InChI is InChI=1S/C16H12ClN3O2.Na/c1-9-2-5-11(6-3-9)18-15(21)10-4-7-12-13(8-10)14(17)19-20-16(12)22;/h2-8H,1H3,(H,18,21)(H,20,22);/q;+1/p-1. The molecular formula is C16H11ClN3NaO2. The van der Waals surface area contributed by atoms with Crippen LogP contribution in [0.5, 0.6) is 5.88 Å². The molecule has 0 aliphatic rings. The molecule has 0 bridgehead atoms. The first kappa shape index (κ1) is 17.7. The summed E-state index contributed by atoms with van der Waals surface area (Å²) in [4.78, 5) is 12.3. The van der Waals surface area contributed by atoms with Gasteiger partial charge in [-0.2, -0.15) is 5.10 Å². The maximum Gasteiger partial charge on any atom is 1.00 e. The second-order valence-corrected chi connectivity index (χ2v) is 5.23. The predicted molar refractivity (Wildman–Crippen MR) is 83.1 cm³/mol. The van der Waals surface area contributed by atoms with E-state index in [0.29, 0.717) is 22.0 Å². The second-order valence-electron chi connectivity index (χ2n) is 4.88. The van der Waals surface area contributed by atoms with Crippen molar-refractivity contribution in [3.8, 4) is 5.88 Å². The van der Waals surface area contributed by atoms with Crippen LogP contribution in [0, 0.1) is 6.92 Å². The number of hydrogen-bond acceptors (Lipinski definition) is 4. The van der Waals surface area contributed by atoms with Gasteiger partial charge >= 0.3 is 29.6 Å². The molecule has 0 aliphatic carbocycles. The van der Waals surface area contributed by atoms with Gasteiger partial charge in [0, 0.05) is 22.5 Å². The van der Waals surface area contributed by atoms with Gasteiger partial charge in [-0.05, 0) is 36.6 Å². The fraction of sp³-hybridized carbons (Fsp3) is 0.0625. The molecular weight excluding hydrogens is 325 g/mol. The Hall–Kier alpha value is -1.66. The monoisotopic (exact) mass is 335 g/mol. The number of anilines is 1. The van der Waals surface area contributed by atoms with Gasteiger partial charge in [0.25, 0.3) is 5.91 Å². The van der Waals surface area contributed by atoms with Crippen LogP contribution in [0.3, 0.4) is 0 Å². The van der Waals surface area contributed by atoms with E-state index in [1.165, 1.54) is 12.1 Å². The van der Waals surface area contributed by atoms with Gasteiger partial charge in [-0.25, -0.2) is 0 Å². The van der Waals surface area contributed by atoms with Crippen molar-refractivity contribution < 1.29 is 39.5 Å². The number of halogens is 1. The fourth-order valence-corrected chi connectivity index (χ4v) is 2.27. The zero-order valence-electron chi connectivity index (χ0n) is 12.6. The van der Waals surface area contributed by atoms with E-state index >= 15 is 0 Å². The van der Waals surface area contributed by atoms with E-state index in [0.717, 1.165) is 5.56 Å². The summed E-state index contributed by atoms with van der Waals surface area (Å²) in [5, 5.41) is 22.2. The average molecular weight is 336 g/mol. The number of nitrogens with one attached hydrogen (secondary N) is 1. The third-order valence-electron chi connectivity index (χ3n) is 3.27. The molecule has 0 unspecified atom stereocenters. The summed E-state index contributed by atoms with van der Waals surface area (Å²) in [6, 6.07) is 12.1. The number of hydrogen-bond donors (Lipinski definition) is 1. The summed E-state index contributed by atoms with van der Waals surface area (Å²) in [7, 11) is 0. The number of amides is 1. The second kappa shape index (κ2) is 7.27. The molecule has 2 aromatic carbocycles. The Morgan fingerprint density at radius 3 is 2.48 bits per heavy atom. The Kier molecular flexibility index (Phi) is 5.59. The molecule has 0 spiro atoms. The molecule has 0 fully saturated rings. The van der Waals surface area contributed by atoms with E-state index in [-0.39, 0.29) is 40.6 Å². The van der Waals surface area contributed by atoms with Crippen LogP contribution < -0.4 is 40.0 Å². The van der Waals surface area contributed by atoms with Crippen LogP contribution in [0.1, 0.15) is 15.9 Å². The first-order valence-corrected chi connectivity index (χ1v) is 6.93. The number of aromatic nitrogens is 2. The first-order chi connectivity index (χ1) is 10.5. The van der Waals surface area contributed by atoms with Crippen molar-refractivity contribution in [3.63, 3.8) is 0 Å². The van der Waals surface area contributed by atoms with Gasteiger partial charge in [0.05, 0.1) is 0 Å². The van der Waals surface area contributed by atoms with E-state index in [2.05, 4.69) is 15.5 Å². The van der Waals surface area contributed by atoms with Crippen molar-refractivity contribution >= 4 is 34.0 Å². The van der Waals surface area contributed by atoms with E-state index in [9.17, 15) is 9.90 Å². The van der Waals surface area contributed by atoms with Crippen molar-refractivity contribution in [1.82, 2.24) is 10.2 Å². The van der Waals surface area contributed by atoms with E-state index in [1.807, 2.05) is 31.2 Å². The third kappa shape index (κ3) is 3.82. The van der Waals surface area contributed by atoms with Crippen LogP contribution in [-0.4, -0.2) is 16.1 Å². The number of carbonyl (C=O) groups is 1. The summed E-state index contributed by atoms with van der Waals surface area (Å²) in [5.74, 6) is -0.754. The molecule has 0 saturated carbocycles. The molecule has 0 aliphatic heterocycles. The van der Waals surface area contributed by atoms with Crippen LogP contribution in [0.2, 0.25) is 5.15 Å². The molecule has 0 radical (unpaired) electrons. The molecule has 5 nitrogen and oxygen atoms in total. The molecule has 110 valence electrons. The molecule has 1 aromatic heterocycles. The number of rotatable bonds is 2. The summed E-state index contributed by atoms with van der Waals surface area (Å²) in [5.41, 5.74) is 2.19. The van der Waals surface area contributed by atoms with Gasteiger partial charge in [0.2, 0.25) is 0 Å². The van der Waals surface area contributed by atoms with Crippen molar-refractivity contribution in [3.05, 3.63) is 58.7 Å². The fourth-order valence-electron chi connectivity index (χ4n) is 2.08. The molecule has 7 heteroatoms. The molecule has 1 heterocycles. The van der Waals surface area contributed by atoms with Gasteiger partial charge in [0.15, 0.2) is 5.15 Å². The van der Waals surface area contributed by atoms with Crippen LogP contribution in [0.4, 0.5) is 5.69 Å². The molecule has 0 atom stereocenters. The topological polar surface area (TPSA) is 77.9 Å². The van der Waals surface area contributed by atoms with Crippen molar-refractivity contribution in [2.24, 2.45) is 0 Å². The smallest absolute Gasteiger partial charge is 0.857 e. The van der Waals surface area contributed by atoms with Crippen LogP contribution >= 0.6 is 11.6 Å². The summed E-state index contributed by atoms with van der Waals surface area (Å²) >= 11 is 5.94. The molecule has 0 saturated heterocycles. The number of benzene rings is 2. The van der Waals surface area contributed by atoms with E-state index < -0.39 is 5.88 Å². The third-order valence-corrected chi connectivity index (χ3v) is 3.55. The minimum absolute atomic E-state index is 0. The summed E-state index contributed by atoms with van der Waals surface area (Å²) in [6.45, 7) is 1.97. The molecule has 1 N–H and O–H groups in total. The van der Waals surface area contributed by atoms with Gasteiger partial charge in [-0.3, -0.25) is 4.79 Å². The zero-order chi connectivity index (χ0) is 15.7. The number of fused-ring (bicyclic) bond motifs is 1. The quantitative estimate of drug-likeness (QED) is 0.665. The maximum atomic E-state index is 12.3. The minimum atomic E-state index is -0.468. The van der Waals surface area contributed by atoms with Gasteiger partial charge in [-0.15, -0.1) is 5.10 Å². The zero-order valence-corrected chi connectivity index (χ0v) is 15.4. The van der Waals surface area contributed by atoms with Gasteiger partial charge < -0.3 is 10.4 Å². The predicted octanol–water partition coefficient (Wildman–Crippen LogP) is -0.0785. The van der Waals surface area contributed by atoms with Crippen molar-refractivity contribution in [1.29, 1.82) is 0 Å². The van der Waals surface area contributed by atoms with Crippen molar-refractivity contribution in [2.75, 3.05) is 5.32 Å². The normalized spacial score (nSPS) is 10.2. The van der Waals surface area contributed by atoms with Crippen LogP contribution in [-0.2, 0) is 0 Å². The Labute approximate surface area is 160 Å². The molecule has 3 aromatic rings. The van der Waals surface area contributed by atoms with E-state index in [1.54, 1.807) is 6.07 Å². The van der Waals surface area contributed by atoms with Gasteiger partial charge in [0.1, 0.15) is 0 Å². The van der Waals surface area contributed by atoms with Gasteiger partial charge in [-0.1, -0.05) is 35.4 Å². The summed E-state index contributed by atoms with van der Waals surface area (Å²) in [6.07, 6.45) is 0. The molecule has 23 heavy (non-hydrogen) atoms. The first-order valence-electron chi connectivity index (χ1n) is 6.55. The van der Waals surface area contributed by atoms with Crippen LogP contribution in [0.25, 0.3) is 10.8 Å². The number of carbonyl (C=O) groups excluding carboxylic acids is 1. The van der Waals surface area contributed by atoms with E-state index in [4.69, 9.17) is 11.6 Å². The largest absolute Gasteiger partial charge is 1.00 e. The average Bonchev–Trinajstić information content (AvgIpc) is 2.53. The Morgan fingerprint density at radius 1 is 1.09 bits per heavy atom. The maximum absolute atomic E-state index is 12.3. The number of aryl methyl sites for hydroxylation is 1. The minimum Gasteiger partial charge on any atom is -0.857 e. The molecule has 3 rings (SSSR count). The molecule has 1 amide bonds. The Balaban J connectivity index is 0.00000192. The summed E-state index contributed by atoms with van der Waals surface area (Å²) < 4.78 is 0. The SMILES string of the molecule is Cc1ccc(NC(=O)c2ccc3c([O-])nnc(Cl)c3c2)cc1.[Na+]. The van der Waals surface area contributed by atoms with Crippen LogP contribution in [0.15, 0.2) is 42.5 Å². The number of nitrogens with zero attached hydrogens (tertiary/aromatic N) is 2. The Bertz CT molecular complexity index is 869. The van der Waals surface area contributed by atoms with Crippen molar-refractivity contribution in [2.45, 2.75) is 6.92 Å². The Morgan fingerprint density at radius 2 is 1.78 bits per heavy atom.